The van der Waals surface area contributed by atoms with Gasteiger partial charge in [0.15, 0.2) is 5.03 Å². The van der Waals surface area contributed by atoms with Gasteiger partial charge in [-0.3, -0.25) is 9.59 Å². The largest absolute Gasteiger partial charge is 0.366 e. The highest BCUT2D eigenvalue weighted by molar-refractivity contribution is 7.90. The highest BCUT2D eigenvalue weighted by Gasteiger charge is 2.19. The molecule has 7 nitrogen and oxygen atoms in total. The van der Waals surface area contributed by atoms with Gasteiger partial charge in [0, 0.05) is 11.8 Å². The fraction of sp³-hybridized carbons (Fsp3) is 0.133. The third kappa shape index (κ3) is 4.36. The van der Waals surface area contributed by atoms with Crippen molar-refractivity contribution in [1.29, 1.82) is 0 Å². The van der Waals surface area contributed by atoms with Gasteiger partial charge in [0.25, 0.3) is 10.0 Å². The van der Waals surface area contributed by atoms with Crippen LogP contribution < -0.4 is 10.5 Å². The lowest BCUT2D eigenvalue weighted by molar-refractivity contribution is -0.118. The van der Waals surface area contributed by atoms with E-state index in [1.165, 1.54) is 36.5 Å². The summed E-state index contributed by atoms with van der Waals surface area (Å²) >= 11 is 0. The van der Waals surface area contributed by atoms with Crippen LogP contribution >= 0.6 is 0 Å². The van der Waals surface area contributed by atoms with Gasteiger partial charge in [-0.2, -0.15) is 8.42 Å². The number of carbonyl (C=O) groups is 2. The van der Waals surface area contributed by atoms with Crippen molar-refractivity contribution in [3.05, 3.63) is 59.3 Å². The lowest BCUT2D eigenvalue weighted by Gasteiger charge is -2.07. The molecule has 0 saturated heterocycles. The first-order valence-electron chi connectivity index (χ1n) is 6.65. The molecule has 120 valence electrons. The minimum Gasteiger partial charge on any atom is -0.366 e. The number of pyridine rings is 1. The molecule has 23 heavy (non-hydrogen) atoms. The third-order valence-electron chi connectivity index (χ3n) is 3.01. The van der Waals surface area contributed by atoms with Crippen molar-refractivity contribution < 1.29 is 18.0 Å². The maximum Gasteiger partial charge on any atom is 0.281 e. The Balaban J connectivity index is 2.06. The minimum atomic E-state index is -4.00. The van der Waals surface area contributed by atoms with Gasteiger partial charge < -0.3 is 5.73 Å². The number of amides is 2. The number of benzene rings is 1. The standard InChI is InChI=1S/C15H15N3O4S/c1-10-2-7-14(17-9-10)23(21,22)18-13(19)8-11-3-5-12(6-4-11)15(16)20/h2-7,9H,8H2,1H3,(H2,16,20)(H,18,19). The number of nitrogens with one attached hydrogen (secondary N) is 1. The van der Waals surface area contributed by atoms with Crippen molar-refractivity contribution >= 4 is 21.8 Å². The highest BCUT2D eigenvalue weighted by Crippen LogP contribution is 2.08. The lowest BCUT2D eigenvalue weighted by atomic mass is 10.1. The van der Waals surface area contributed by atoms with Crippen LogP contribution in [-0.4, -0.2) is 25.2 Å². The summed E-state index contributed by atoms with van der Waals surface area (Å²) in [7, 11) is -4.00. The summed E-state index contributed by atoms with van der Waals surface area (Å²) in [5.74, 6) is -1.27. The van der Waals surface area contributed by atoms with Crippen LogP contribution in [0.2, 0.25) is 0 Å². The van der Waals surface area contributed by atoms with Crippen LogP contribution in [0.15, 0.2) is 47.6 Å². The van der Waals surface area contributed by atoms with E-state index in [1.807, 2.05) is 4.72 Å². The third-order valence-corrected chi connectivity index (χ3v) is 4.30. The number of primary amides is 1. The maximum atomic E-state index is 12.0. The van der Waals surface area contributed by atoms with Crippen molar-refractivity contribution in [1.82, 2.24) is 9.71 Å². The van der Waals surface area contributed by atoms with E-state index in [1.54, 1.807) is 13.0 Å². The predicted molar refractivity (Wildman–Crippen MR) is 83.0 cm³/mol. The fourth-order valence-electron chi connectivity index (χ4n) is 1.82. The molecular formula is C15H15N3O4S. The van der Waals surface area contributed by atoms with Gasteiger partial charge >= 0.3 is 0 Å². The summed E-state index contributed by atoms with van der Waals surface area (Å²) in [6, 6.07) is 8.94. The maximum absolute atomic E-state index is 12.0. The topological polar surface area (TPSA) is 119 Å². The van der Waals surface area contributed by atoms with E-state index in [4.69, 9.17) is 5.73 Å². The predicted octanol–water partition coefficient (Wildman–Crippen LogP) is 0.537. The monoisotopic (exact) mass is 333 g/mol. The Labute approximate surface area is 133 Å². The molecule has 1 aromatic heterocycles. The molecule has 0 aliphatic rings. The first kappa shape index (κ1) is 16.6. The van der Waals surface area contributed by atoms with Crippen LogP contribution in [0.3, 0.4) is 0 Å². The molecule has 3 N–H and O–H groups in total. The van der Waals surface area contributed by atoms with E-state index in [0.717, 1.165) is 5.56 Å². The molecule has 0 aliphatic heterocycles. The summed E-state index contributed by atoms with van der Waals surface area (Å²) < 4.78 is 26.0. The van der Waals surface area contributed by atoms with Crippen molar-refractivity contribution in [2.45, 2.75) is 18.4 Å². The number of sulfonamides is 1. The summed E-state index contributed by atoms with van der Waals surface area (Å²) in [6.07, 6.45) is 1.26. The molecule has 0 atom stereocenters. The Bertz CT molecular complexity index is 828. The molecule has 1 heterocycles. The Kier molecular flexibility index (Phi) is 4.75. The molecule has 2 amide bonds. The van der Waals surface area contributed by atoms with Gasteiger partial charge in [-0.25, -0.2) is 9.71 Å². The average molecular weight is 333 g/mol. The van der Waals surface area contributed by atoms with Crippen LogP contribution in [0.25, 0.3) is 0 Å². The summed E-state index contributed by atoms with van der Waals surface area (Å²) in [5.41, 5.74) is 6.79. The van der Waals surface area contributed by atoms with E-state index in [-0.39, 0.29) is 11.4 Å². The van der Waals surface area contributed by atoms with Crippen LogP contribution in [0.5, 0.6) is 0 Å². The zero-order valence-electron chi connectivity index (χ0n) is 12.3. The molecule has 0 fully saturated rings. The molecule has 0 saturated carbocycles. The van der Waals surface area contributed by atoms with Gasteiger partial charge in [-0.15, -0.1) is 0 Å². The van der Waals surface area contributed by atoms with Crippen molar-refractivity contribution in [2.24, 2.45) is 5.73 Å². The molecule has 8 heteroatoms. The fourth-order valence-corrected chi connectivity index (χ4v) is 2.74. The number of carbonyl (C=O) groups excluding carboxylic acids is 2. The number of aromatic nitrogens is 1. The summed E-state index contributed by atoms with van der Waals surface area (Å²) in [5, 5.41) is -0.222. The number of hydrogen-bond donors (Lipinski definition) is 2. The number of aryl methyl sites for hydroxylation is 1. The van der Waals surface area contributed by atoms with Gasteiger partial charge in [0.1, 0.15) is 0 Å². The zero-order chi connectivity index (χ0) is 17.0. The number of nitrogens with zero attached hydrogens (tertiary/aromatic N) is 1. The molecule has 2 rings (SSSR count). The second-order valence-corrected chi connectivity index (χ2v) is 6.57. The number of rotatable bonds is 5. The number of hydrogen-bond acceptors (Lipinski definition) is 5. The Morgan fingerprint density at radius 3 is 2.30 bits per heavy atom. The van der Waals surface area contributed by atoms with E-state index >= 15 is 0 Å². The second kappa shape index (κ2) is 6.57. The summed E-state index contributed by atoms with van der Waals surface area (Å²) in [4.78, 5) is 26.6. The van der Waals surface area contributed by atoms with Crippen LogP contribution in [0.1, 0.15) is 21.5 Å². The Hall–Kier alpha value is -2.74. The number of nitrogens with two attached hydrogens (primary N) is 1. The summed E-state index contributed by atoms with van der Waals surface area (Å²) in [6.45, 7) is 1.78. The van der Waals surface area contributed by atoms with Crippen molar-refractivity contribution in [2.75, 3.05) is 0 Å². The van der Waals surface area contributed by atoms with E-state index in [0.29, 0.717) is 11.1 Å². The Morgan fingerprint density at radius 1 is 1.13 bits per heavy atom. The van der Waals surface area contributed by atoms with Gasteiger partial charge in [0.05, 0.1) is 6.42 Å². The zero-order valence-corrected chi connectivity index (χ0v) is 13.1. The normalized spacial score (nSPS) is 11.0. The highest BCUT2D eigenvalue weighted by atomic mass is 32.2. The van der Waals surface area contributed by atoms with E-state index in [2.05, 4.69) is 4.98 Å². The van der Waals surface area contributed by atoms with Gasteiger partial charge in [-0.1, -0.05) is 18.2 Å². The molecule has 0 bridgehead atoms. The second-order valence-electron chi connectivity index (χ2n) is 4.94. The van der Waals surface area contributed by atoms with E-state index < -0.39 is 21.8 Å². The Morgan fingerprint density at radius 2 is 1.78 bits per heavy atom. The van der Waals surface area contributed by atoms with Crippen LogP contribution in [-0.2, 0) is 21.2 Å². The SMILES string of the molecule is Cc1ccc(S(=O)(=O)NC(=O)Cc2ccc(C(N)=O)cc2)nc1. The quantitative estimate of drug-likeness (QED) is 0.827. The van der Waals surface area contributed by atoms with Crippen LogP contribution in [0.4, 0.5) is 0 Å². The van der Waals surface area contributed by atoms with E-state index in [9.17, 15) is 18.0 Å². The first-order chi connectivity index (χ1) is 10.8. The smallest absolute Gasteiger partial charge is 0.281 e. The molecule has 0 unspecified atom stereocenters. The van der Waals surface area contributed by atoms with Crippen LogP contribution in [0, 0.1) is 6.92 Å². The van der Waals surface area contributed by atoms with Gasteiger partial charge in [0.2, 0.25) is 11.8 Å². The molecular weight excluding hydrogens is 318 g/mol. The van der Waals surface area contributed by atoms with Gasteiger partial charge in [-0.05, 0) is 36.2 Å². The molecule has 1 aromatic carbocycles. The molecule has 2 aromatic rings. The minimum absolute atomic E-state index is 0.149. The molecule has 0 radical (unpaired) electrons. The lowest BCUT2D eigenvalue weighted by Crippen LogP contribution is -2.32. The van der Waals surface area contributed by atoms with Crippen molar-refractivity contribution in [3.8, 4) is 0 Å². The van der Waals surface area contributed by atoms with Crippen molar-refractivity contribution in [3.63, 3.8) is 0 Å². The first-order valence-corrected chi connectivity index (χ1v) is 8.13. The average Bonchev–Trinajstić information content (AvgIpc) is 2.47. The molecule has 0 aliphatic carbocycles. The molecule has 0 spiro atoms.